The highest BCUT2D eigenvalue weighted by molar-refractivity contribution is 5.80. The normalized spacial score (nSPS) is 38.2. The highest BCUT2D eigenvalue weighted by Gasteiger charge is 2.39. The first-order valence-electron chi connectivity index (χ1n) is 8.64. The van der Waals surface area contributed by atoms with E-state index in [4.69, 9.17) is 5.73 Å². The van der Waals surface area contributed by atoms with Gasteiger partial charge in [-0.1, -0.05) is 6.42 Å². The van der Waals surface area contributed by atoms with Crippen LogP contribution in [0.2, 0.25) is 0 Å². The monoisotopic (exact) mass is 294 g/mol. The summed E-state index contributed by atoms with van der Waals surface area (Å²) < 4.78 is 0. The molecular weight excluding hydrogens is 264 g/mol. The summed E-state index contributed by atoms with van der Waals surface area (Å²) in [5.74, 6) is 0.105. The lowest BCUT2D eigenvalue weighted by atomic mass is 9.90. The van der Waals surface area contributed by atoms with Gasteiger partial charge in [-0.2, -0.15) is 0 Å². The molecule has 3 heterocycles. The first kappa shape index (κ1) is 15.3. The number of rotatable bonds is 4. The van der Waals surface area contributed by atoms with Crippen molar-refractivity contribution in [3.8, 4) is 0 Å². The molecule has 3 saturated heterocycles. The molecule has 120 valence electrons. The number of piperidine rings is 2. The van der Waals surface area contributed by atoms with Gasteiger partial charge in [0.2, 0.25) is 5.91 Å². The second-order valence-electron chi connectivity index (χ2n) is 7.13. The number of nitrogens with zero attached hydrogens (tertiary/aromatic N) is 1. The van der Waals surface area contributed by atoms with Crippen molar-refractivity contribution >= 4 is 5.91 Å². The molecule has 3 fully saturated rings. The standard InChI is InChI=1S/C16H30N4O/c1-20-12-5-6-13(20)9-11(8-12)19-16(21)14(10-17)15-4-2-3-7-18-15/h11-15,18H,2-10,17H2,1H3,(H,19,21). The van der Waals surface area contributed by atoms with Gasteiger partial charge in [0, 0.05) is 30.7 Å². The van der Waals surface area contributed by atoms with Crippen LogP contribution in [-0.4, -0.2) is 55.1 Å². The van der Waals surface area contributed by atoms with Crippen LogP contribution in [0.15, 0.2) is 0 Å². The van der Waals surface area contributed by atoms with Crippen LogP contribution in [0.4, 0.5) is 0 Å². The van der Waals surface area contributed by atoms with Crippen molar-refractivity contribution in [2.45, 2.75) is 69.1 Å². The molecule has 0 spiro atoms. The molecule has 21 heavy (non-hydrogen) atoms. The fraction of sp³-hybridized carbons (Fsp3) is 0.938. The summed E-state index contributed by atoms with van der Waals surface area (Å²) in [6.07, 6.45) is 8.29. The number of hydrogen-bond donors (Lipinski definition) is 3. The van der Waals surface area contributed by atoms with Gasteiger partial charge in [-0.05, 0) is 52.1 Å². The van der Waals surface area contributed by atoms with Gasteiger partial charge in [-0.3, -0.25) is 4.79 Å². The lowest BCUT2D eigenvalue weighted by Crippen LogP contribution is -2.54. The lowest BCUT2D eigenvalue weighted by Gasteiger charge is -2.38. The van der Waals surface area contributed by atoms with Crippen molar-refractivity contribution in [3.05, 3.63) is 0 Å². The van der Waals surface area contributed by atoms with E-state index in [1.807, 2.05) is 0 Å². The fourth-order valence-electron chi connectivity index (χ4n) is 4.51. The van der Waals surface area contributed by atoms with Gasteiger partial charge in [-0.15, -0.1) is 0 Å². The van der Waals surface area contributed by atoms with Gasteiger partial charge < -0.3 is 21.3 Å². The third-order valence-electron chi connectivity index (χ3n) is 5.87. The molecule has 4 atom stereocenters. The minimum Gasteiger partial charge on any atom is -0.353 e. The van der Waals surface area contributed by atoms with E-state index in [1.54, 1.807) is 0 Å². The molecule has 0 saturated carbocycles. The van der Waals surface area contributed by atoms with Gasteiger partial charge in [-0.25, -0.2) is 0 Å². The van der Waals surface area contributed by atoms with Crippen molar-refractivity contribution in [2.75, 3.05) is 20.1 Å². The van der Waals surface area contributed by atoms with Crippen LogP contribution in [0.5, 0.6) is 0 Å². The van der Waals surface area contributed by atoms with E-state index >= 15 is 0 Å². The Balaban J connectivity index is 1.55. The van der Waals surface area contributed by atoms with Gasteiger partial charge >= 0.3 is 0 Å². The predicted octanol–water partition coefficient (Wildman–Crippen LogP) is 0.445. The Hall–Kier alpha value is -0.650. The third kappa shape index (κ3) is 3.25. The maximum Gasteiger partial charge on any atom is 0.226 e. The third-order valence-corrected chi connectivity index (χ3v) is 5.87. The van der Waals surface area contributed by atoms with Gasteiger partial charge in [0.25, 0.3) is 0 Å². The summed E-state index contributed by atoms with van der Waals surface area (Å²) in [4.78, 5) is 15.1. The molecule has 5 heteroatoms. The molecule has 4 N–H and O–H groups in total. The second-order valence-corrected chi connectivity index (χ2v) is 7.13. The van der Waals surface area contributed by atoms with Crippen LogP contribution in [-0.2, 0) is 4.79 Å². The Kier molecular flexibility index (Phi) is 4.82. The molecular formula is C16H30N4O. The maximum atomic E-state index is 12.6. The van der Waals surface area contributed by atoms with E-state index in [2.05, 4.69) is 22.6 Å². The Morgan fingerprint density at radius 2 is 2.00 bits per heavy atom. The average molecular weight is 294 g/mol. The summed E-state index contributed by atoms with van der Waals surface area (Å²) in [5, 5.41) is 6.78. The molecule has 4 unspecified atom stereocenters. The van der Waals surface area contributed by atoms with E-state index in [9.17, 15) is 4.79 Å². The highest BCUT2D eigenvalue weighted by Crippen LogP contribution is 2.34. The highest BCUT2D eigenvalue weighted by atomic mass is 16.2. The molecule has 0 aliphatic carbocycles. The van der Waals surface area contributed by atoms with Crippen molar-refractivity contribution in [2.24, 2.45) is 11.7 Å². The Morgan fingerprint density at radius 1 is 1.29 bits per heavy atom. The van der Waals surface area contributed by atoms with Crippen molar-refractivity contribution in [3.63, 3.8) is 0 Å². The summed E-state index contributed by atoms with van der Waals surface area (Å²) in [6.45, 7) is 1.47. The minimum absolute atomic E-state index is 0.0670. The number of amides is 1. The number of carbonyl (C=O) groups excluding carboxylic acids is 1. The van der Waals surface area contributed by atoms with Crippen LogP contribution in [0.1, 0.15) is 44.9 Å². The van der Waals surface area contributed by atoms with Crippen LogP contribution in [0.25, 0.3) is 0 Å². The Morgan fingerprint density at radius 3 is 2.57 bits per heavy atom. The number of nitrogens with one attached hydrogen (secondary N) is 2. The topological polar surface area (TPSA) is 70.4 Å². The zero-order chi connectivity index (χ0) is 14.8. The predicted molar refractivity (Wildman–Crippen MR) is 83.9 cm³/mol. The first-order valence-corrected chi connectivity index (χ1v) is 8.64. The van der Waals surface area contributed by atoms with Crippen molar-refractivity contribution in [1.82, 2.24) is 15.5 Å². The molecule has 3 aliphatic rings. The largest absolute Gasteiger partial charge is 0.353 e. The summed E-state index contributed by atoms with van der Waals surface area (Å²) in [5.41, 5.74) is 5.89. The minimum atomic E-state index is -0.0670. The smallest absolute Gasteiger partial charge is 0.226 e. The van der Waals surface area contributed by atoms with Gasteiger partial charge in [0.15, 0.2) is 0 Å². The molecule has 0 aromatic rings. The van der Waals surface area contributed by atoms with Crippen LogP contribution >= 0.6 is 0 Å². The fourth-order valence-corrected chi connectivity index (χ4v) is 4.51. The van der Waals surface area contributed by atoms with E-state index in [0.29, 0.717) is 24.7 Å². The molecule has 2 bridgehead atoms. The number of fused-ring (bicyclic) bond motifs is 2. The summed E-state index contributed by atoms with van der Waals surface area (Å²) in [7, 11) is 2.23. The van der Waals surface area contributed by atoms with Gasteiger partial charge in [0.05, 0.1) is 5.92 Å². The summed E-state index contributed by atoms with van der Waals surface area (Å²) >= 11 is 0. The van der Waals surface area contributed by atoms with E-state index in [-0.39, 0.29) is 17.9 Å². The van der Waals surface area contributed by atoms with Crippen LogP contribution in [0.3, 0.4) is 0 Å². The molecule has 5 nitrogen and oxygen atoms in total. The van der Waals surface area contributed by atoms with Gasteiger partial charge in [0.1, 0.15) is 0 Å². The molecule has 3 rings (SSSR count). The van der Waals surface area contributed by atoms with E-state index < -0.39 is 0 Å². The van der Waals surface area contributed by atoms with Crippen molar-refractivity contribution < 1.29 is 4.79 Å². The zero-order valence-corrected chi connectivity index (χ0v) is 13.2. The molecule has 0 radical (unpaired) electrons. The van der Waals surface area contributed by atoms with Crippen molar-refractivity contribution in [1.29, 1.82) is 0 Å². The molecule has 1 amide bonds. The maximum absolute atomic E-state index is 12.6. The number of hydrogen-bond acceptors (Lipinski definition) is 4. The number of nitrogens with two attached hydrogens (primary N) is 1. The second kappa shape index (κ2) is 6.63. The summed E-state index contributed by atoms with van der Waals surface area (Å²) in [6, 6.07) is 1.95. The Bertz CT molecular complexity index is 355. The van der Waals surface area contributed by atoms with E-state index in [0.717, 1.165) is 25.8 Å². The van der Waals surface area contributed by atoms with Crippen LogP contribution in [0, 0.1) is 5.92 Å². The number of carbonyl (C=O) groups is 1. The zero-order valence-electron chi connectivity index (χ0n) is 13.2. The first-order chi connectivity index (χ1) is 10.2. The SMILES string of the molecule is CN1C2CCC1CC(NC(=O)C(CN)C1CCCCN1)C2. The molecule has 0 aromatic heterocycles. The Labute approximate surface area is 128 Å². The van der Waals surface area contributed by atoms with E-state index in [1.165, 1.54) is 25.7 Å². The molecule has 0 aromatic carbocycles. The lowest BCUT2D eigenvalue weighted by molar-refractivity contribution is -0.127. The molecule has 3 aliphatic heterocycles. The van der Waals surface area contributed by atoms with Crippen LogP contribution < -0.4 is 16.4 Å². The average Bonchev–Trinajstić information content (AvgIpc) is 2.72. The quantitative estimate of drug-likeness (QED) is 0.704.